The van der Waals surface area contributed by atoms with Crippen LogP contribution in [0.2, 0.25) is 0 Å². The van der Waals surface area contributed by atoms with Crippen LogP contribution in [0.4, 0.5) is 0 Å². The van der Waals surface area contributed by atoms with E-state index in [0.29, 0.717) is 5.92 Å². The minimum Gasteiger partial charge on any atom is -0.549 e. The first-order valence-electron chi connectivity index (χ1n) is 2.90. The summed E-state index contributed by atoms with van der Waals surface area (Å²) in [5.41, 5.74) is 0. The molecule has 0 N–H and O–H groups in total. The van der Waals surface area contributed by atoms with Crippen LogP contribution in [0.25, 0.3) is 0 Å². The van der Waals surface area contributed by atoms with Crippen LogP contribution < -0.4 is 34.7 Å². The van der Waals surface area contributed by atoms with Crippen LogP contribution in [0.15, 0.2) is 0 Å². The molecule has 0 aliphatic carbocycles. The number of rotatable bonds is 4. The first-order chi connectivity index (χ1) is 4.13. The second-order valence-electron chi connectivity index (χ2n) is 2.28. The molecule has 0 amide bonds. The van der Waals surface area contributed by atoms with Crippen molar-refractivity contribution >= 4 is 17.7 Å². The van der Waals surface area contributed by atoms with Gasteiger partial charge in [0.2, 0.25) is 0 Å². The summed E-state index contributed by atoms with van der Waals surface area (Å²) in [6, 6.07) is 0. The molecule has 0 unspecified atom stereocenters. The van der Waals surface area contributed by atoms with Crippen molar-refractivity contribution < 1.29 is 39.5 Å². The van der Waals surface area contributed by atoms with Crippen LogP contribution in [0.5, 0.6) is 0 Å². The normalized spacial score (nSPS) is 9.10. The molecule has 0 heterocycles. The van der Waals surface area contributed by atoms with Gasteiger partial charge < -0.3 is 9.90 Å². The maximum atomic E-state index is 9.85. The monoisotopic (exact) mass is 170 g/mol. The van der Waals surface area contributed by atoms with E-state index in [1.54, 1.807) is 0 Å². The number of carbonyl (C=O) groups is 1. The van der Waals surface area contributed by atoms with Crippen molar-refractivity contribution in [1.82, 2.24) is 0 Å². The minimum absolute atomic E-state index is 0. The molecule has 0 fully saturated rings. The van der Waals surface area contributed by atoms with Crippen molar-refractivity contribution in [2.24, 2.45) is 5.92 Å². The summed E-state index contributed by atoms with van der Waals surface area (Å²) in [5.74, 6) is 0.613. The largest absolute Gasteiger partial charge is 1.00 e. The van der Waals surface area contributed by atoms with E-state index in [-0.39, 0.29) is 35.3 Å². The van der Waals surface area contributed by atoms with Crippen LogP contribution in [-0.2, 0) is 4.79 Å². The molecule has 0 saturated heterocycles. The van der Waals surface area contributed by atoms with Gasteiger partial charge in [-0.05, 0) is 11.7 Å². The fourth-order valence-corrected chi connectivity index (χ4v) is 1.13. The molecule has 0 aromatic rings. The van der Waals surface area contributed by atoms with Gasteiger partial charge in [0.1, 0.15) is 0 Å². The molecule has 0 radical (unpaired) electrons. The van der Waals surface area contributed by atoms with Gasteiger partial charge in [0.05, 0.1) is 5.97 Å². The first kappa shape index (κ1) is 13.4. The maximum absolute atomic E-state index is 9.85. The van der Waals surface area contributed by atoms with Gasteiger partial charge in [-0.3, -0.25) is 0 Å². The molecule has 0 atom stereocenters. The fourth-order valence-electron chi connectivity index (χ4n) is 0.378. The molecule has 2 nitrogen and oxygen atoms in total. The van der Waals surface area contributed by atoms with Crippen LogP contribution >= 0.6 is 11.8 Å². The van der Waals surface area contributed by atoms with Crippen LogP contribution in [0.1, 0.15) is 13.8 Å². The van der Waals surface area contributed by atoms with Gasteiger partial charge in [0.25, 0.3) is 0 Å². The molecule has 0 spiro atoms. The van der Waals surface area contributed by atoms with Gasteiger partial charge in [-0.25, -0.2) is 0 Å². The Kier molecular flexibility index (Phi) is 10.6. The molecule has 0 bridgehead atoms. The summed E-state index contributed by atoms with van der Waals surface area (Å²) in [7, 11) is 0. The summed E-state index contributed by atoms with van der Waals surface area (Å²) in [4.78, 5) is 9.85. The third-order valence-electron chi connectivity index (χ3n) is 0.671. The first-order valence-corrected chi connectivity index (χ1v) is 4.06. The van der Waals surface area contributed by atoms with Crippen molar-refractivity contribution in [2.45, 2.75) is 13.8 Å². The average Bonchev–Trinajstić information content (AvgIpc) is 1.63. The van der Waals surface area contributed by atoms with Crippen molar-refractivity contribution in [3.63, 3.8) is 0 Å². The zero-order valence-corrected chi connectivity index (χ0v) is 9.53. The van der Waals surface area contributed by atoms with E-state index < -0.39 is 5.97 Å². The Balaban J connectivity index is 0. The van der Waals surface area contributed by atoms with Gasteiger partial charge in [-0.2, -0.15) is 11.8 Å². The summed E-state index contributed by atoms with van der Waals surface area (Å²) in [5, 5.41) is 9.85. The summed E-state index contributed by atoms with van der Waals surface area (Å²) >= 11 is 1.41. The van der Waals surface area contributed by atoms with E-state index in [9.17, 15) is 9.90 Å². The standard InChI is InChI=1S/C6H12O2S.Na/c1-5(2)3-9-4-6(7)8;/h5H,3-4H2,1-2H3,(H,7,8);/q;+1/p-1. The molecular formula is C6H11NaO2S. The molecule has 4 heteroatoms. The third kappa shape index (κ3) is 11.6. The second-order valence-corrected chi connectivity index (χ2v) is 3.31. The number of hydrogen-bond donors (Lipinski definition) is 0. The summed E-state index contributed by atoms with van der Waals surface area (Å²) < 4.78 is 0. The number of thioether (sulfide) groups is 1. The van der Waals surface area contributed by atoms with Gasteiger partial charge >= 0.3 is 29.6 Å². The number of carbonyl (C=O) groups excluding carboxylic acids is 1. The minimum atomic E-state index is -0.972. The van der Waals surface area contributed by atoms with E-state index in [1.165, 1.54) is 11.8 Å². The van der Waals surface area contributed by atoms with E-state index in [2.05, 4.69) is 13.8 Å². The molecule has 0 saturated carbocycles. The maximum Gasteiger partial charge on any atom is 1.00 e. The number of aliphatic carboxylic acids is 1. The third-order valence-corrected chi connectivity index (χ3v) is 2.01. The summed E-state index contributed by atoms with van der Waals surface area (Å²) in [6.07, 6.45) is 0. The zero-order valence-electron chi connectivity index (χ0n) is 6.72. The molecule has 54 valence electrons. The topological polar surface area (TPSA) is 40.1 Å². The molecule has 0 aromatic heterocycles. The van der Waals surface area contributed by atoms with E-state index in [0.717, 1.165) is 5.75 Å². The van der Waals surface area contributed by atoms with Gasteiger partial charge in [-0.1, -0.05) is 13.8 Å². The van der Waals surface area contributed by atoms with Crippen molar-refractivity contribution in [1.29, 1.82) is 0 Å². The summed E-state index contributed by atoms with van der Waals surface area (Å²) in [6.45, 7) is 4.12. The molecule has 10 heavy (non-hydrogen) atoms. The Morgan fingerprint density at radius 2 is 2.10 bits per heavy atom. The van der Waals surface area contributed by atoms with Crippen molar-refractivity contribution in [3.05, 3.63) is 0 Å². The van der Waals surface area contributed by atoms with Crippen molar-refractivity contribution in [3.8, 4) is 0 Å². The van der Waals surface area contributed by atoms with E-state index in [4.69, 9.17) is 0 Å². The Morgan fingerprint density at radius 3 is 2.40 bits per heavy atom. The quantitative estimate of drug-likeness (QED) is 0.426. The molecular weight excluding hydrogens is 159 g/mol. The van der Waals surface area contributed by atoms with Gasteiger partial charge in [0, 0.05) is 5.75 Å². The van der Waals surface area contributed by atoms with E-state index >= 15 is 0 Å². The SMILES string of the molecule is CC(C)CSCC(=O)[O-].[Na+]. The molecule has 0 aromatic carbocycles. The molecule has 0 rings (SSSR count). The van der Waals surface area contributed by atoms with Gasteiger partial charge in [-0.15, -0.1) is 0 Å². The van der Waals surface area contributed by atoms with Gasteiger partial charge in [0.15, 0.2) is 0 Å². The molecule has 0 aliphatic rings. The van der Waals surface area contributed by atoms with Crippen LogP contribution in [0.3, 0.4) is 0 Å². The Hall–Kier alpha value is 0.820. The van der Waals surface area contributed by atoms with Crippen LogP contribution in [0, 0.1) is 5.92 Å². The average molecular weight is 170 g/mol. The Labute approximate surface area is 88.1 Å². The number of carboxylic acids is 1. The van der Waals surface area contributed by atoms with Crippen molar-refractivity contribution in [2.75, 3.05) is 11.5 Å². The smallest absolute Gasteiger partial charge is 0.549 e. The van der Waals surface area contributed by atoms with Crippen LogP contribution in [-0.4, -0.2) is 17.5 Å². The predicted molar refractivity (Wildman–Crippen MR) is 37.2 cm³/mol. The fraction of sp³-hybridized carbons (Fsp3) is 0.833. The predicted octanol–water partition coefficient (Wildman–Crippen LogP) is -2.87. The Morgan fingerprint density at radius 1 is 1.60 bits per heavy atom. The zero-order chi connectivity index (χ0) is 7.28. The number of hydrogen-bond acceptors (Lipinski definition) is 3. The number of carboxylic acid groups (broad SMARTS) is 1. The van der Waals surface area contributed by atoms with E-state index in [1.807, 2.05) is 0 Å². The second kappa shape index (κ2) is 7.92. The Bertz CT molecular complexity index is 95.7. The molecule has 0 aliphatic heterocycles.